The maximum absolute atomic E-state index is 12.4. The minimum Gasteiger partial charge on any atom is -0.490 e. The Morgan fingerprint density at radius 2 is 1.90 bits per heavy atom. The second-order valence-corrected chi connectivity index (χ2v) is 7.54. The molecule has 8 heteroatoms. The Labute approximate surface area is 176 Å². The number of nitrogens with zero attached hydrogens (tertiary/aromatic N) is 2. The van der Waals surface area contributed by atoms with Crippen molar-refractivity contribution in [1.82, 2.24) is 10.3 Å². The van der Waals surface area contributed by atoms with E-state index < -0.39 is 10.8 Å². The minimum absolute atomic E-state index is 0.113. The topological polar surface area (TPSA) is 94.4 Å². The molecule has 0 aliphatic heterocycles. The second-order valence-electron chi connectivity index (χ2n) is 6.51. The first-order valence-corrected chi connectivity index (χ1v) is 9.92. The van der Waals surface area contributed by atoms with Gasteiger partial charge in [-0.25, -0.2) is 4.98 Å². The third kappa shape index (κ3) is 3.99. The average molecular weight is 419 g/mol. The molecule has 0 fully saturated rings. The summed E-state index contributed by atoms with van der Waals surface area (Å²) in [5.41, 5.74) is 2.86. The number of hydrogen-bond donors (Lipinski definition) is 1. The number of ether oxygens (including phenoxy) is 1. The van der Waals surface area contributed by atoms with Crippen LogP contribution in [0, 0.1) is 10.1 Å². The lowest BCUT2D eigenvalue weighted by molar-refractivity contribution is -0.385. The molecule has 0 unspecified atom stereocenters. The molecule has 0 saturated carbocycles. The number of rotatable bonds is 6. The van der Waals surface area contributed by atoms with E-state index in [1.807, 2.05) is 48.5 Å². The Morgan fingerprint density at radius 3 is 2.60 bits per heavy atom. The highest BCUT2D eigenvalue weighted by Gasteiger charge is 2.18. The molecule has 4 rings (SSSR count). The molecular formula is C22H17N3O4S. The van der Waals surface area contributed by atoms with E-state index in [0.29, 0.717) is 6.54 Å². The number of methoxy groups -OCH3 is 1. The molecule has 0 aliphatic rings. The Bertz CT molecular complexity index is 1200. The summed E-state index contributed by atoms with van der Waals surface area (Å²) >= 11 is 1.63. The van der Waals surface area contributed by atoms with Gasteiger partial charge in [0.05, 0.1) is 22.2 Å². The van der Waals surface area contributed by atoms with Crippen molar-refractivity contribution < 1.29 is 14.5 Å². The van der Waals surface area contributed by atoms with Crippen molar-refractivity contribution in [3.05, 3.63) is 88.0 Å². The van der Waals surface area contributed by atoms with Gasteiger partial charge in [0.1, 0.15) is 5.01 Å². The monoisotopic (exact) mass is 419 g/mol. The number of aromatic nitrogens is 1. The summed E-state index contributed by atoms with van der Waals surface area (Å²) in [6, 6.07) is 19.9. The van der Waals surface area contributed by atoms with Crippen LogP contribution in [-0.4, -0.2) is 22.9 Å². The Morgan fingerprint density at radius 1 is 1.13 bits per heavy atom. The highest BCUT2D eigenvalue weighted by atomic mass is 32.1. The van der Waals surface area contributed by atoms with E-state index >= 15 is 0 Å². The fourth-order valence-corrected chi connectivity index (χ4v) is 3.99. The van der Waals surface area contributed by atoms with Crippen LogP contribution in [0.1, 0.15) is 15.9 Å². The van der Waals surface area contributed by atoms with E-state index in [-0.39, 0.29) is 17.0 Å². The van der Waals surface area contributed by atoms with E-state index in [1.54, 1.807) is 11.3 Å². The molecule has 3 aromatic carbocycles. The van der Waals surface area contributed by atoms with Crippen molar-refractivity contribution in [2.24, 2.45) is 0 Å². The SMILES string of the molecule is COc1ccc(C(=O)NCc2ccc(-c3nc4ccccc4s3)cc2)cc1[N+](=O)[O-]. The van der Waals surface area contributed by atoms with E-state index in [2.05, 4.69) is 10.3 Å². The fourth-order valence-electron chi connectivity index (χ4n) is 3.02. The Balaban J connectivity index is 1.44. The minimum atomic E-state index is -0.573. The third-order valence-corrected chi connectivity index (χ3v) is 5.67. The second kappa shape index (κ2) is 8.30. The first-order chi connectivity index (χ1) is 14.5. The molecule has 0 aliphatic carbocycles. The number of amides is 1. The average Bonchev–Trinajstić information content (AvgIpc) is 3.21. The van der Waals surface area contributed by atoms with Crippen LogP contribution in [-0.2, 0) is 6.54 Å². The van der Waals surface area contributed by atoms with Crippen molar-refractivity contribution >= 4 is 33.1 Å². The van der Waals surface area contributed by atoms with Gasteiger partial charge in [-0.15, -0.1) is 11.3 Å². The van der Waals surface area contributed by atoms with Crippen molar-refractivity contribution in [2.45, 2.75) is 6.54 Å². The zero-order valence-corrected chi connectivity index (χ0v) is 16.8. The quantitative estimate of drug-likeness (QED) is 0.357. The van der Waals surface area contributed by atoms with Gasteiger partial charge < -0.3 is 10.1 Å². The summed E-state index contributed by atoms with van der Waals surface area (Å²) < 4.78 is 6.10. The molecule has 1 N–H and O–H groups in total. The normalized spacial score (nSPS) is 10.7. The van der Waals surface area contributed by atoms with Crippen molar-refractivity contribution in [3.63, 3.8) is 0 Å². The number of thiazole rings is 1. The third-order valence-electron chi connectivity index (χ3n) is 4.59. The molecule has 4 aromatic rings. The zero-order valence-electron chi connectivity index (χ0n) is 16.0. The molecule has 0 saturated heterocycles. The van der Waals surface area contributed by atoms with Gasteiger partial charge >= 0.3 is 5.69 Å². The largest absolute Gasteiger partial charge is 0.490 e. The lowest BCUT2D eigenvalue weighted by atomic mass is 10.1. The molecule has 0 atom stereocenters. The van der Waals surface area contributed by atoms with E-state index in [4.69, 9.17) is 4.74 Å². The van der Waals surface area contributed by atoms with E-state index in [1.165, 1.54) is 25.3 Å². The number of hydrogen-bond acceptors (Lipinski definition) is 6. The number of fused-ring (bicyclic) bond motifs is 1. The van der Waals surface area contributed by atoms with Gasteiger partial charge in [-0.05, 0) is 29.8 Å². The zero-order chi connectivity index (χ0) is 21.1. The van der Waals surface area contributed by atoms with E-state index in [0.717, 1.165) is 26.4 Å². The summed E-state index contributed by atoms with van der Waals surface area (Å²) in [4.78, 5) is 27.6. The van der Waals surface area contributed by atoms with Crippen LogP contribution in [0.25, 0.3) is 20.8 Å². The highest BCUT2D eigenvalue weighted by Crippen LogP contribution is 2.30. The smallest absolute Gasteiger partial charge is 0.311 e. The van der Waals surface area contributed by atoms with Crippen LogP contribution in [0.5, 0.6) is 5.75 Å². The van der Waals surface area contributed by atoms with Gasteiger partial charge in [-0.1, -0.05) is 36.4 Å². The first-order valence-electron chi connectivity index (χ1n) is 9.10. The number of nitro benzene ring substituents is 1. The van der Waals surface area contributed by atoms with Crippen LogP contribution in [0.15, 0.2) is 66.7 Å². The van der Waals surface area contributed by atoms with Crippen molar-refractivity contribution in [2.75, 3.05) is 7.11 Å². The lowest BCUT2D eigenvalue weighted by Gasteiger charge is -2.07. The number of benzene rings is 3. The summed E-state index contributed by atoms with van der Waals surface area (Å²) in [7, 11) is 1.35. The van der Waals surface area contributed by atoms with Crippen LogP contribution < -0.4 is 10.1 Å². The summed E-state index contributed by atoms with van der Waals surface area (Å²) in [5, 5.41) is 14.9. The molecule has 1 heterocycles. The van der Waals surface area contributed by atoms with Crippen molar-refractivity contribution in [3.8, 4) is 16.3 Å². The predicted octanol–water partition coefficient (Wildman–Crippen LogP) is 4.81. The number of carbonyl (C=O) groups excluding carboxylic acids is 1. The summed E-state index contributed by atoms with van der Waals surface area (Å²) in [5.74, 6) is -0.280. The molecule has 7 nitrogen and oxygen atoms in total. The number of para-hydroxylation sites is 1. The summed E-state index contributed by atoms with van der Waals surface area (Å²) in [6.07, 6.45) is 0. The first kappa shape index (κ1) is 19.5. The number of nitro groups is 1. The van der Waals surface area contributed by atoms with Crippen LogP contribution >= 0.6 is 11.3 Å². The Hall–Kier alpha value is -3.78. The molecule has 0 bridgehead atoms. The maximum atomic E-state index is 12.4. The molecule has 30 heavy (non-hydrogen) atoms. The van der Waals surface area contributed by atoms with Gasteiger partial charge in [0.15, 0.2) is 5.75 Å². The molecule has 150 valence electrons. The van der Waals surface area contributed by atoms with Crippen molar-refractivity contribution in [1.29, 1.82) is 0 Å². The number of nitrogens with one attached hydrogen (secondary N) is 1. The highest BCUT2D eigenvalue weighted by molar-refractivity contribution is 7.21. The van der Waals surface area contributed by atoms with Crippen LogP contribution in [0.2, 0.25) is 0 Å². The van der Waals surface area contributed by atoms with Crippen LogP contribution in [0.4, 0.5) is 5.69 Å². The van der Waals surface area contributed by atoms with Gasteiger partial charge in [0.25, 0.3) is 5.91 Å². The molecule has 1 aromatic heterocycles. The number of carbonyl (C=O) groups is 1. The summed E-state index contributed by atoms with van der Waals surface area (Å²) in [6.45, 7) is 0.304. The molecule has 0 radical (unpaired) electrons. The maximum Gasteiger partial charge on any atom is 0.311 e. The molecular weight excluding hydrogens is 402 g/mol. The predicted molar refractivity (Wildman–Crippen MR) is 116 cm³/mol. The van der Waals surface area contributed by atoms with Gasteiger partial charge in [-0.2, -0.15) is 0 Å². The van der Waals surface area contributed by atoms with Gasteiger partial charge in [0, 0.05) is 23.7 Å². The lowest BCUT2D eigenvalue weighted by Crippen LogP contribution is -2.22. The van der Waals surface area contributed by atoms with E-state index in [9.17, 15) is 14.9 Å². The van der Waals surface area contributed by atoms with Gasteiger partial charge in [0.2, 0.25) is 0 Å². The molecule has 0 spiro atoms. The van der Waals surface area contributed by atoms with Gasteiger partial charge in [-0.3, -0.25) is 14.9 Å². The van der Waals surface area contributed by atoms with Crippen LogP contribution in [0.3, 0.4) is 0 Å². The Kier molecular flexibility index (Phi) is 5.40. The fraction of sp³-hybridized carbons (Fsp3) is 0.0909. The standard InChI is InChI=1S/C22H17N3O4S/c1-29-19-11-10-16(12-18(19)25(27)28)21(26)23-13-14-6-8-15(9-7-14)22-24-17-4-2-3-5-20(17)30-22/h2-12H,13H2,1H3,(H,23,26). The molecule has 1 amide bonds.